The molecule has 0 bridgehead atoms. The third-order valence-electron chi connectivity index (χ3n) is 5.64. The van der Waals surface area contributed by atoms with Crippen LogP contribution < -0.4 is 16.4 Å². The summed E-state index contributed by atoms with van der Waals surface area (Å²) in [6.45, 7) is 11.7. The van der Waals surface area contributed by atoms with Gasteiger partial charge in [-0.3, -0.25) is 19.3 Å². The Balaban J connectivity index is 1.60. The molecule has 44 heavy (non-hydrogen) atoms. The first kappa shape index (κ1) is 34.6. The maximum absolute atomic E-state index is 13.3. The Kier molecular flexibility index (Phi) is 11.2. The molecule has 0 radical (unpaired) electrons. The predicted molar refractivity (Wildman–Crippen MR) is 160 cm³/mol. The number of oxime groups is 1. The molecule has 1 aromatic heterocycles. The number of carbonyl (C=O) groups excluding carboxylic acids is 5. The number of nitrogens with one attached hydrogen (secondary N) is 2. The summed E-state index contributed by atoms with van der Waals surface area (Å²) < 4.78 is 19.2. The van der Waals surface area contributed by atoms with Crippen LogP contribution in [-0.4, -0.2) is 92.0 Å². The molecule has 0 aliphatic carbocycles. The van der Waals surface area contributed by atoms with Crippen molar-refractivity contribution >= 4 is 64.0 Å². The van der Waals surface area contributed by atoms with Crippen LogP contribution in [0.1, 0.15) is 60.7 Å². The number of hydrogen-bond donors (Lipinski definition) is 3. The van der Waals surface area contributed by atoms with Crippen LogP contribution in [0.3, 0.4) is 0 Å². The Labute approximate surface area is 262 Å². The maximum atomic E-state index is 13.3. The first-order valence-electron chi connectivity index (χ1n) is 13.6. The smallest absolute Gasteiger partial charge is 0.407 e. The largest absolute Gasteiger partial charge is 0.444 e. The molecule has 2 aliphatic heterocycles. The molecule has 2 unspecified atom stereocenters. The number of carbonyl (C=O) groups is 5. The van der Waals surface area contributed by atoms with E-state index >= 15 is 0 Å². The maximum Gasteiger partial charge on any atom is 0.407 e. The summed E-state index contributed by atoms with van der Waals surface area (Å²) in [7, 11) is 0. The molecular weight excluding hydrogens is 618 g/mol. The van der Waals surface area contributed by atoms with E-state index < -0.39 is 59.1 Å². The lowest BCUT2D eigenvalue weighted by atomic mass is 9.98. The van der Waals surface area contributed by atoms with E-state index in [2.05, 4.69) is 25.1 Å². The summed E-state index contributed by atoms with van der Waals surface area (Å²) in [4.78, 5) is 73.3. The molecule has 3 heterocycles. The summed E-state index contributed by atoms with van der Waals surface area (Å²) in [5.41, 5.74) is 3.94. The van der Waals surface area contributed by atoms with Gasteiger partial charge in [0.25, 0.3) is 11.8 Å². The van der Waals surface area contributed by atoms with Crippen molar-refractivity contribution in [1.82, 2.24) is 24.9 Å². The molecule has 3 rings (SSSR count). The molecule has 3 atom stereocenters. The molecule has 4 N–H and O–H groups in total. The van der Waals surface area contributed by atoms with Gasteiger partial charge in [0.2, 0.25) is 18.3 Å². The lowest BCUT2D eigenvalue weighted by molar-refractivity contribution is -0.173. The van der Waals surface area contributed by atoms with Crippen LogP contribution in [-0.2, 0) is 38.2 Å². The summed E-state index contributed by atoms with van der Waals surface area (Å²) in [5.74, 6) is -2.85. The number of aromatic nitrogens is 2. The molecule has 18 heteroatoms. The number of rotatable bonds is 11. The first-order chi connectivity index (χ1) is 20.5. The minimum atomic E-state index is -1.01. The van der Waals surface area contributed by atoms with Crippen molar-refractivity contribution in [3.8, 4) is 0 Å². The van der Waals surface area contributed by atoms with Gasteiger partial charge in [0.15, 0.2) is 5.13 Å². The topological polar surface area (TPSA) is 214 Å². The zero-order chi connectivity index (χ0) is 32.8. The van der Waals surface area contributed by atoms with Gasteiger partial charge in [0.05, 0.1) is 5.41 Å². The van der Waals surface area contributed by atoms with Crippen molar-refractivity contribution in [3.05, 3.63) is 17.6 Å². The van der Waals surface area contributed by atoms with Gasteiger partial charge in [-0.25, -0.2) is 9.59 Å². The number of β-lactam (4-membered cyclic amide) rings is 1. The number of nitrogens with zero attached hydrogens (tertiary/aromatic N) is 4. The second-order valence-corrected chi connectivity index (χ2v) is 14.0. The van der Waals surface area contributed by atoms with Crippen molar-refractivity contribution in [1.29, 1.82) is 0 Å². The number of anilines is 1. The molecule has 1 saturated heterocycles. The van der Waals surface area contributed by atoms with Gasteiger partial charge in [-0.15, -0.1) is 11.8 Å². The van der Waals surface area contributed by atoms with E-state index in [0.717, 1.165) is 11.5 Å². The number of amides is 3. The number of hydrogen-bond acceptors (Lipinski definition) is 15. The SMILES string of the molecule is CC1C=C(C(=O)OCOC(=O)C(C)(C)C)N2C(=O)C(NC(=O)/C(=N/OCCCNC(=O)OC(C)(C)C)c3nsc(N)n3)[C@H]2S1. The Hall–Kier alpha value is -3.93. The average molecular weight is 656 g/mol. The highest BCUT2D eigenvalue weighted by Crippen LogP contribution is 2.41. The van der Waals surface area contributed by atoms with Crippen LogP contribution in [0.4, 0.5) is 9.93 Å². The van der Waals surface area contributed by atoms with Gasteiger partial charge in [-0.05, 0) is 54.5 Å². The highest BCUT2D eigenvalue weighted by Gasteiger charge is 2.54. The third kappa shape index (κ3) is 9.28. The standard InChI is InChI=1S/C26H37N7O9S2/c1-13-11-14(21(36)39-12-40-22(37)25(2,3)4)33-19(35)16(20(33)43-13)29-18(34)15(17-30-23(27)44-32-17)31-41-10-8-9-28-24(38)42-26(5,6)7/h11,13,16,20H,8-10,12H2,1-7H3,(H,28,38)(H,29,34)(H2,27,30,32)/b31-15+/t13?,16?,20-/m1/s1. The number of alkyl carbamates (subject to hydrolysis) is 1. The van der Waals surface area contributed by atoms with Crippen molar-refractivity contribution in [2.24, 2.45) is 10.6 Å². The molecule has 16 nitrogen and oxygen atoms in total. The fourth-order valence-corrected chi connectivity index (χ4v) is 5.39. The number of esters is 2. The number of nitrogen functional groups attached to an aromatic ring is 1. The Bertz CT molecular complexity index is 1330. The van der Waals surface area contributed by atoms with Crippen LogP contribution in [0.5, 0.6) is 0 Å². The van der Waals surface area contributed by atoms with E-state index in [9.17, 15) is 24.0 Å². The zero-order valence-corrected chi connectivity index (χ0v) is 27.1. The van der Waals surface area contributed by atoms with Gasteiger partial charge >= 0.3 is 18.0 Å². The lowest BCUT2D eigenvalue weighted by Gasteiger charge is -2.49. The van der Waals surface area contributed by atoms with Gasteiger partial charge in [0, 0.05) is 29.7 Å². The van der Waals surface area contributed by atoms with E-state index in [1.165, 1.54) is 16.7 Å². The minimum Gasteiger partial charge on any atom is -0.444 e. The van der Waals surface area contributed by atoms with E-state index in [1.807, 2.05) is 6.92 Å². The van der Waals surface area contributed by atoms with Crippen LogP contribution in [0.15, 0.2) is 16.9 Å². The first-order valence-corrected chi connectivity index (χ1v) is 15.3. The van der Waals surface area contributed by atoms with E-state index in [-0.39, 0.29) is 40.8 Å². The number of thioether (sulfide) groups is 1. The summed E-state index contributed by atoms with van der Waals surface area (Å²) in [6, 6.07) is -1.01. The Morgan fingerprint density at radius 3 is 2.45 bits per heavy atom. The Morgan fingerprint density at radius 1 is 1.14 bits per heavy atom. The second-order valence-electron chi connectivity index (χ2n) is 11.7. The molecule has 1 fully saturated rings. The van der Waals surface area contributed by atoms with Gasteiger partial charge in [-0.2, -0.15) is 9.36 Å². The fraction of sp³-hybridized carbons (Fsp3) is 0.615. The number of fused-ring (bicyclic) bond motifs is 1. The van der Waals surface area contributed by atoms with Crippen LogP contribution >= 0.6 is 23.3 Å². The Morgan fingerprint density at radius 2 is 1.84 bits per heavy atom. The van der Waals surface area contributed by atoms with Crippen LogP contribution in [0, 0.1) is 5.41 Å². The van der Waals surface area contributed by atoms with Gasteiger partial charge in [0.1, 0.15) is 29.3 Å². The second kappa shape index (κ2) is 14.2. The third-order valence-corrected chi connectivity index (χ3v) is 7.51. The predicted octanol–water partition coefficient (Wildman–Crippen LogP) is 1.52. The monoisotopic (exact) mass is 655 g/mol. The van der Waals surface area contributed by atoms with Crippen LogP contribution in [0.2, 0.25) is 0 Å². The lowest BCUT2D eigenvalue weighted by Crippen LogP contribution is -2.71. The van der Waals surface area contributed by atoms with E-state index in [1.54, 1.807) is 47.6 Å². The summed E-state index contributed by atoms with van der Waals surface area (Å²) in [5, 5.41) is 8.32. The molecule has 0 spiro atoms. The molecule has 3 amide bonds. The normalized spacial score (nSPS) is 20.0. The molecular formula is C26H37N7O9S2. The molecule has 242 valence electrons. The van der Waals surface area contributed by atoms with Gasteiger partial charge in [-0.1, -0.05) is 5.16 Å². The molecule has 0 aromatic carbocycles. The minimum absolute atomic E-state index is 0.0188. The van der Waals surface area contributed by atoms with Crippen molar-refractivity contribution in [2.45, 2.75) is 77.2 Å². The number of nitrogens with two attached hydrogens (primary N) is 1. The molecule has 1 aromatic rings. The van der Waals surface area contributed by atoms with E-state index in [0.29, 0.717) is 6.42 Å². The summed E-state index contributed by atoms with van der Waals surface area (Å²) in [6.07, 6.45) is 1.33. The fourth-order valence-electron chi connectivity index (χ4n) is 3.62. The van der Waals surface area contributed by atoms with Crippen molar-refractivity contribution in [3.63, 3.8) is 0 Å². The average Bonchev–Trinajstić information content (AvgIpc) is 3.34. The zero-order valence-electron chi connectivity index (χ0n) is 25.5. The number of ether oxygens (including phenoxy) is 3. The molecule has 0 saturated carbocycles. The van der Waals surface area contributed by atoms with E-state index in [4.69, 9.17) is 24.8 Å². The summed E-state index contributed by atoms with van der Waals surface area (Å²) >= 11 is 2.19. The van der Waals surface area contributed by atoms with Crippen molar-refractivity contribution in [2.75, 3.05) is 25.7 Å². The molecule has 2 aliphatic rings. The van der Waals surface area contributed by atoms with Gasteiger partial charge < -0.3 is 35.4 Å². The highest BCUT2D eigenvalue weighted by molar-refractivity contribution is 8.00. The van der Waals surface area contributed by atoms with Crippen LogP contribution in [0.25, 0.3) is 0 Å². The highest BCUT2D eigenvalue weighted by atomic mass is 32.2. The van der Waals surface area contributed by atoms with Crippen molar-refractivity contribution < 1.29 is 43.0 Å². The quantitative estimate of drug-likeness (QED) is 0.0771.